The molecule has 182 valence electrons. The molecular weight excluding hydrogens is 438 g/mol. The number of Topliss-reactive ketones (excluding diaryl/α,β-unsaturated/α-hetero) is 1. The number of piperidine rings is 1. The molecule has 3 fully saturated rings. The first kappa shape index (κ1) is 23.1. The summed E-state index contributed by atoms with van der Waals surface area (Å²) in [4.78, 5) is 24.5. The molecule has 2 saturated heterocycles. The van der Waals surface area contributed by atoms with E-state index in [9.17, 15) is 9.18 Å². The van der Waals surface area contributed by atoms with Gasteiger partial charge in [-0.25, -0.2) is 18.7 Å². The quantitative estimate of drug-likeness (QED) is 0.609. The fourth-order valence-electron chi connectivity index (χ4n) is 5.61. The van der Waals surface area contributed by atoms with E-state index in [1.54, 1.807) is 12.3 Å². The van der Waals surface area contributed by atoms with Gasteiger partial charge in [-0.2, -0.15) is 0 Å². The third-order valence-electron chi connectivity index (χ3n) is 7.76. The summed E-state index contributed by atoms with van der Waals surface area (Å²) in [6, 6.07) is 4.55. The number of aromatic nitrogens is 2. The highest BCUT2D eigenvalue weighted by atomic mass is 19.1. The molecule has 1 aromatic carbocycles. The number of carbonyl (C=O) groups excluding carboxylic acids is 1. The van der Waals surface area contributed by atoms with Gasteiger partial charge in [0.05, 0.1) is 6.20 Å². The largest absolute Gasteiger partial charge is 0.452 e. The molecule has 0 N–H and O–H groups in total. The number of anilines is 1. The second kappa shape index (κ2) is 9.21. The van der Waals surface area contributed by atoms with Gasteiger partial charge >= 0.3 is 0 Å². The van der Waals surface area contributed by atoms with E-state index in [0.717, 1.165) is 50.4 Å². The third kappa shape index (κ3) is 4.78. The lowest BCUT2D eigenvalue weighted by Gasteiger charge is -2.55. The standard InChI is InChI=1S/C26H32F2N4O2/c1-2-19-13-20(27)3-4-22(19)34-23-14-29-18-30-24(23)32-15-25(16-32)9-11-31(12-10-25)17-26(28)7-5-21(33)6-8-26/h3-4,13-14,18H,2,5-12,15-17H2,1H3. The monoisotopic (exact) mass is 470 g/mol. The van der Waals surface area contributed by atoms with Gasteiger partial charge in [-0.15, -0.1) is 0 Å². The molecule has 1 aromatic heterocycles. The molecule has 34 heavy (non-hydrogen) atoms. The first-order valence-corrected chi connectivity index (χ1v) is 12.3. The maximum Gasteiger partial charge on any atom is 0.188 e. The van der Waals surface area contributed by atoms with Crippen LogP contribution in [0.15, 0.2) is 30.7 Å². The number of hydrogen-bond acceptors (Lipinski definition) is 6. The van der Waals surface area contributed by atoms with Crippen LogP contribution in [0, 0.1) is 11.2 Å². The number of ketones is 1. The maximum absolute atomic E-state index is 15.2. The van der Waals surface area contributed by atoms with Crippen LogP contribution in [-0.2, 0) is 11.2 Å². The minimum atomic E-state index is -1.21. The van der Waals surface area contributed by atoms with Crippen molar-refractivity contribution in [3.63, 3.8) is 0 Å². The van der Waals surface area contributed by atoms with E-state index in [1.807, 2.05) is 6.92 Å². The minimum Gasteiger partial charge on any atom is -0.452 e. The fraction of sp³-hybridized carbons (Fsp3) is 0.577. The minimum absolute atomic E-state index is 0.193. The first-order chi connectivity index (χ1) is 16.4. The molecule has 2 aromatic rings. The molecule has 5 rings (SSSR count). The second-order valence-corrected chi connectivity index (χ2v) is 10.2. The zero-order valence-corrected chi connectivity index (χ0v) is 19.7. The third-order valence-corrected chi connectivity index (χ3v) is 7.76. The van der Waals surface area contributed by atoms with Crippen LogP contribution in [-0.4, -0.2) is 59.0 Å². The number of nitrogens with zero attached hydrogens (tertiary/aromatic N) is 4. The number of benzene rings is 1. The summed E-state index contributed by atoms with van der Waals surface area (Å²) < 4.78 is 34.9. The molecule has 1 saturated carbocycles. The van der Waals surface area contributed by atoms with Crippen molar-refractivity contribution in [2.45, 2.75) is 57.5 Å². The van der Waals surface area contributed by atoms with Gasteiger partial charge in [0.2, 0.25) is 0 Å². The Kier molecular flexibility index (Phi) is 6.27. The fourth-order valence-corrected chi connectivity index (χ4v) is 5.61. The SMILES string of the molecule is CCc1cc(F)ccc1Oc1cncnc1N1CC2(CCN(CC3(F)CCC(=O)CC3)CC2)C1. The molecule has 3 heterocycles. The average molecular weight is 471 g/mol. The van der Waals surface area contributed by atoms with Crippen molar-refractivity contribution in [1.29, 1.82) is 0 Å². The van der Waals surface area contributed by atoms with Crippen LogP contribution in [0.1, 0.15) is 51.0 Å². The van der Waals surface area contributed by atoms with Gasteiger partial charge in [0.15, 0.2) is 11.6 Å². The number of halogens is 2. The van der Waals surface area contributed by atoms with E-state index >= 15 is 4.39 Å². The van der Waals surface area contributed by atoms with Crippen LogP contribution in [0.3, 0.4) is 0 Å². The normalized spacial score (nSPS) is 22.0. The number of aryl methyl sites for hydroxylation is 1. The summed E-state index contributed by atoms with van der Waals surface area (Å²) in [6.07, 6.45) is 7.39. The van der Waals surface area contributed by atoms with Crippen LogP contribution in [0.5, 0.6) is 11.5 Å². The van der Waals surface area contributed by atoms with Crippen molar-refractivity contribution in [2.24, 2.45) is 5.41 Å². The summed E-state index contributed by atoms with van der Waals surface area (Å²) in [5.41, 5.74) is -0.195. The van der Waals surface area contributed by atoms with Gasteiger partial charge in [0.25, 0.3) is 0 Å². The second-order valence-electron chi connectivity index (χ2n) is 10.2. The van der Waals surface area contributed by atoms with Crippen molar-refractivity contribution in [2.75, 3.05) is 37.6 Å². The lowest BCUT2D eigenvalue weighted by Crippen LogP contribution is -2.61. The van der Waals surface area contributed by atoms with Crippen LogP contribution in [0.2, 0.25) is 0 Å². The maximum atomic E-state index is 15.2. The van der Waals surface area contributed by atoms with Crippen LogP contribution >= 0.6 is 0 Å². The summed E-state index contributed by atoms with van der Waals surface area (Å²) in [6.45, 7) is 5.95. The number of ether oxygens (including phenoxy) is 1. The predicted octanol–water partition coefficient (Wildman–Crippen LogP) is 4.72. The van der Waals surface area contributed by atoms with Gasteiger partial charge < -0.3 is 14.5 Å². The Morgan fingerprint density at radius 1 is 1.09 bits per heavy atom. The Bertz CT molecular complexity index is 1040. The average Bonchev–Trinajstić information content (AvgIpc) is 2.82. The number of carbonyl (C=O) groups is 1. The van der Waals surface area contributed by atoms with Gasteiger partial charge in [-0.1, -0.05) is 6.92 Å². The lowest BCUT2D eigenvalue weighted by molar-refractivity contribution is -0.123. The number of alkyl halides is 1. The van der Waals surface area contributed by atoms with Gasteiger partial charge in [-0.3, -0.25) is 4.79 Å². The van der Waals surface area contributed by atoms with E-state index in [0.29, 0.717) is 50.1 Å². The van der Waals surface area contributed by atoms with E-state index in [4.69, 9.17) is 4.74 Å². The molecule has 2 aliphatic heterocycles. The molecule has 1 spiro atoms. The summed E-state index contributed by atoms with van der Waals surface area (Å²) in [7, 11) is 0. The smallest absolute Gasteiger partial charge is 0.188 e. The molecule has 0 atom stereocenters. The van der Waals surface area contributed by atoms with Crippen LogP contribution < -0.4 is 9.64 Å². The highest BCUT2D eigenvalue weighted by Gasteiger charge is 2.47. The molecule has 1 aliphatic carbocycles. The van der Waals surface area contributed by atoms with Crippen molar-refractivity contribution in [1.82, 2.24) is 14.9 Å². The molecule has 0 bridgehead atoms. The van der Waals surface area contributed by atoms with E-state index in [-0.39, 0.29) is 17.0 Å². The van der Waals surface area contributed by atoms with Crippen molar-refractivity contribution >= 4 is 11.6 Å². The highest BCUT2D eigenvalue weighted by Crippen LogP contribution is 2.45. The van der Waals surface area contributed by atoms with Gasteiger partial charge in [0.1, 0.15) is 29.3 Å². The summed E-state index contributed by atoms with van der Waals surface area (Å²) >= 11 is 0. The molecule has 3 aliphatic rings. The molecular formula is C26H32F2N4O2. The number of hydrogen-bond donors (Lipinski definition) is 0. The molecule has 6 nitrogen and oxygen atoms in total. The lowest BCUT2D eigenvalue weighted by atomic mass is 9.71. The Labute approximate surface area is 199 Å². The number of likely N-dealkylation sites (tertiary alicyclic amines) is 1. The summed E-state index contributed by atoms with van der Waals surface area (Å²) in [5.74, 6) is 1.86. The first-order valence-electron chi connectivity index (χ1n) is 12.3. The van der Waals surface area contributed by atoms with E-state index < -0.39 is 5.67 Å². The highest BCUT2D eigenvalue weighted by molar-refractivity contribution is 5.79. The van der Waals surface area contributed by atoms with Crippen molar-refractivity contribution in [3.8, 4) is 11.5 Å². The van der Waals surface area contributed by atoms with Gasteiger partial charge in [-0.05, 0) is 69.0 Å². The Hall–Kier alpha value is -2.61. The zero-order valence-electron chi connectivity index (χ0n) is 19.7. The summed E-state index contributed by atoms with van der Waals surface area (Å²) in [5, 5.41) is 0. The molecule has 8 heteroatoms. The predicted molar refractivity (Wildman–Crippen MR) is 126 cm³/mol. The zero-order chi connectivity index (χ0) is 23.8. The Morgan fingerprint density at radius 2 is 1.82 bits per heavy atom. The van der Waals surface area contributed by atoms with Crippen molar-refractivity contribution < 1.29 is 18.3 Å². The Morgan fingerprint density at radius 3 is 2.53 bits per heavy atom. The van der Waals surface area contributed by atoms with E-state index in [2.05, 4.69) is 19.8 Å². The van der Waals surface area contributed by atoms with E-state index in [1.165, 1.54) is 18.5 Å². The van der Waals surface area contributed by atoms with Crippen molar-refractivity contribution in [3.05, 3.63) is 42.1 Å². The van der Waals surface area contributed by atoms with Crippen LogP contribution in [0.4, 0.5) is 14.6 Å². The van der Waals surface area contributed by atoms with Gasteiger partial charge in [0, 0.05) is 37.9 Å². The van der Waals surface area contributed by atoms with Crippen LogP contribution in [0.25, 0.3) is 0 Å². The molecule has 0 amide bonds. The Balaban J connectivity index is 1.19. The molecule has 0 unspecified atom stereocenters. The molecule has 0 radical (unpaired) electrons. The topological polar surface area (TPSA) is 58.6 Å². The number of rotatable bonds is 6.